The molecule has 0 aromatic heterocycles. The highest BCUT2D eigenvalue weighted by molar-refractivity contribution is 7.35. The van der Waals surface area contributed by atoms with Gasteiger partial charge in [0.15, 0.2) is 0 Å². The maximum Gasteiger partial charge on any atom is 0.0102 e. The minimum atomic E-state index is 0.726. The second-order valence-electron chi connectivity index (χ2n) is 1.28. The van der Waals surface area contributed by atoms with Crippen molar-refractivity contribution >= 4 is 14.4 Å². The summed E-state index contributed by atoms with van der Waals surface area (Å²) >= 11 is 0. The summed E-state index contributed by atoms with van der Waals surface area (Å²) in [6, 6.07) is 0. The zero-order valence-electron chi connectivity index (χ0n) is 4.45. The molecule has 0 radical (unpaired) electrons. The average molecular weight is 103 g/mol. The summed E-state index contributed by atoms with van der Waals surface area (Å²) in [5, 5.41) is 0. The molecule has 2 heteroatoms. The van der Waals surface area contributed by atoms with Crippen molar-refractivity contribution in [3.63, 3.8) is 0 Å². The van der Waals surface area contributed by atoms with Gasteiger partial charge in [-0.05, 0) is 29.2 Å². The van der Waals surface area contributed by atoms with Gasteiger partial charge in [-0.15, -0.1) is 0 Å². The Morgan fingerprint density at radius 1 is 1.50 bits per heavy atom. The predicted octanol–water partition coefficient (Wildman–Crippen LogP) is 1.69. The van der Waals surface area contributed by atoms with E-state index in [9.17, 15) is 0 Å². The minimum Gasteiger partial charge on any atom is -0.275 e. The van der Waals surface area contributed by atoms with E-state index in [1.165, 1.54) is 5.71 Å². The normalized spacial score (nSPS) is 9.83. The first-order chi connectivity index (χ1) is 2.77. The second-order valence-corrected chi connectivity index (χ2v) is 1.95. The number of hydrogen-bond acceptors (Lipinski definition) is 1. The molecule has 0 heterocycles. The van der Waals surface area contributed by atoms with Crippen molar-refractivity contribution < 1.29 is 0 Å². The summed E-state index contributed by atoms with van der Waals surface area (Å²) in [5.41, 5.74) is 1.18. The molecule has 0 saturated heterocycles. The van der Waals surface area contributed by atoms with Crippen molar-refractivity contribution in [2.45, 2.75) is 13.8 Å². The van der Waals surface area contributed by atoms with Gasteiger partial charge >= 0.3 is 0 Å². The first-order valence-electron chi connectivity index (χ1n) is 1.95. The Morgan fingerprint density at radius 2 is 2.00 bits per heavy atom. The van der Waals surface area contributed by atoms with Crippen LogP contribution in [-0.2, 0) is 0 Å². The summed E-state index contributed by atoms with van der Waals surface area (Å²) in [6.45, 7) is 6.08. The lowest BCUT2D eigenvalue weighted by Crippen LogP contribution is -1.72. The Morgan fingerprint density at radius 3 is 2.00 bits per heavy atom. The molecule has 0 aromatic carbocycles. The summed E-state index contributed by atoms with van der Waals surface area (Å²) in [7, 11) is 0.726. The molecule has 1 unspecified atom stereocenters. The summed E-state index contributed by atoms with van der Waals surface area (Å²) in [4.78, 5) is 0. The molecule has 1 nitrogen and oxygen atoms in total. The van der Waals surface area contributed by atoms with Crippen LogP contribution >= 0.6 is 8.73 Å². The van der Waals surface area contributed by atoms with Gasteiger partial charge in [-0.1, -0.05) is 0 Å². The predicted molar refractivity (Wildman–Crippen MR) is 33.0 cm³/mol. The van der Waals surface area contributed by atoms with Gasteiger partial charge in [-0.2, -0.15) is 0 Å². The quantitative estimate of drug-likeness (QED) is 0.353. The fourth-order valence-corrected chi connectivity index (χ4v) is 0.671. The number of hydrogen-bond donors (Lipinski definition) is 0. The lowest BCUT2D eigenvalue weighted by Gasteiger charge is -1.80. The molecule has 0 saturated carbocycles. The summed E-state index contributed by atoms with van der Waals surface area (Å²) in [5.74, 6) is 0. The molecule has 0 spiro atoms. The van der Waals surface area contributed by atoms with Crippen LogP contribution in [0, 0.1) is 0 Å². The first-order valence-corrected chi connectivity index (χ1v) is 3.39. The van der Waals surface area contributed by atoms with Crippen LogP contribution in [0.2, 0.25) is 0 Å². The molecular weight excluding hydrogens is 93.0 g/mol. The Kier molecular flexibility index (Phi) is 3.35. The molecule has 0 aliphatic rings. The monoisotopic (exact) mass is 103 g/mol. The van der Waals surface area contributed by atoms with Crippen LogP contribution in [0.1, 0.15) is 13.8 Å². The fraction of sp³-hybridized carbons (Fsp3) is 0.750. The van der Waals surface area contributed by atoms with Crippen LogP contribution in [0.4, 0.5) is 0 Å². The standard InChI is InChI=1S/C4H10NP/c1-4(2)5-6-3/h6H,1-3H3. The highest BCUT2D eigenvalue weighted by atomic mass is 31.1. The topological polar surface area (TPSA) is 12.4 Å². The Bertz CT molecular complexity index is 54.6. The van der Waals surface area contributed by atoms with Gasteiger partial charge < -0.3 is 0 Å². The number of rotatable bonds is 1. The number of nitrogens with zero attached hydrogens (tertiary/aromatic N) is 1. The molecule has 0 aliphatic carbocycles. The molecular formula is C4H10NP. The van der Waals surface area contributed by atoms with Crippen LogP contribution in [0.5, 0.6) is 0 Å². The van der Waals surface area contributed by atoms with Crippen molar-refractivity contribution in [3.05, 3.63) is 0 Å². The zero-order valence-corrected chi connectivity index (χ0v) is 5.45. The smallest absolute Gasteiger partial charge is 0.0102 e. The molecule has 0 aromatic rings. The maximum absolute atomic E-state index is 4.07. The van der Waals surface area contributed by atoms with Crippen molar-refractivity contribution in [1.82, 2.24) is 0 Å². The summed E-state index contributed by atoms with van der Waals surface area (Å²) in [6.07, 6.45) is 0. The molecule has 0 rings (SSSR count). The van der Waals surface area contributed by atoms with Crippen LogP contribution in [-0.4, -0.2) is 12.4 Å². The van der Waals surface area contributed by atoms with E-state index in [4.69, 9.17) is 0 Å². The molecule has 36 valence electrons. The Labute approximate surface area is 40.7 Å². The minimum absolute atomic E-state index is 0.726. The third kappa shape index (κ3) is 4.10. The Balaban J connectivity index is 3.14. The van der Waals surface area contributed by atoms with Gasteiger partial charge in [-0.3, -0.25) is 4.76 Å². The largest absolute Gasteiger partial charge is 0.275 e. The van der Waals surface area contributed by atoms with Crippen LogP contribution < -0.4 is 0 Å². The van der Waals surface area contributed by atoms with Crippen molar-refractivity contribution in [2.75, 3.05) is 6.66 Å². The van der Waals surface area contributed by atoms with E-state index < -0.39 is 0 Å². The van der Waals surface area contributed by atoms with E-state index >= 15 is 0 Å². The highest BCUT2D eigenvalue weighted by Crippen LogP contribution is 2.02. The van der Waals surface area contributed by atoms with E-state index in [1.807, 2.05) is 13.8 Å². The average Bonchev–Trinajstić information content (AvgIpc) is 1.35. The molecule has 0 amide bonds. The molecule has 6 heavy (non-hydrogen) atoms. The van der Waals surface area contributed by atoms with Gasteiger partial charge in [0.2, 0.25) is 0 Å². The zero-order chi connectivity index (χ0) is 4.99. The van der Waals surface area contributed by atoms with Crippen LogP contribution in [0.3, 0.4) is 0 Å². The van der Waals surface area contributed by atoms with E-state index in [2.05, 4.69) is 11.4 Å². The first kappa shape index (κ1) is 6.10. The van der Waals surface area contributed by atoms with E-state index in [-0.39, 0.29) is 0 Å². The summed E-state index contributed by atoms with van der Waals surface area (Å²) < 4.78 is 4.07. The van der Waals surface area contributed by atoms with Crippen LogP contribution in [0.15, 0.2) is 4.76 Å². The van der Waals surface area contributed by atoms with E-state index in [0.29, 0.717) is 0 Å². The lowest BCUT2D eigenvalue weighted by molar-refractivity contribution is 1.67. The maximum atomic E-state index is 4.07. The van der Waals surface area contributed by atoms with Crippen molar-refractivity contribution in [1.29, 1.82) is 0 Å². The van der Waals surface area contributed by atoms with E-state index in [1.54, 1.807) is 0 Å². The van der Waals surface area contributed by atoms with Crippen LogP contribution in [0.25, 0.3) is 0 Å². The van der Waals surface area contributed by atoms with Crippen molar-refractivity contribution in [3.8, 4) is 0 Å². The third-order valence-corrected chi connectivity index (χ3v) is 1.01. The van der Waals surface area contributed by atoms with E-state index in [0.717, 1.165) is 8.73 Å². The third-order valence-electron chi connectivity index (χ3n) is 0.335. The molecule has 1 atom stereocenters. The van der Waals surface area contributed by atoms with Gasteiger partial charge in [0.25, 0.3) is 0 Å². The molecule has 0 N–H and O–H groups in total. The molecule has 0 fully saturated rings. The molecule has 0 bridgehead atoms. The van der Waals surface area contributed by atoms with Gasteiger partial charge in [0.05, 0.1) is 0 Å². The second kappa shape index (κ2) is 3.30. The van der Waals surface area contributed by atoms with Crippen molar-refractivity contribution in [2.24, 2.45) is 4.76 Å². The SMILES string of the molecule is CPN=C(C)C. The lowest BCUT2D eigenvalue weighted by atomic mass is 10.5. The highest BCUT2D eigenvalue weighted by Gasteiger charge is 1.68. The van der Waals surface area contributed by atoms with Gasteiger partial charge in [-0.25, -0.2) is 0 Å². The molecule has 0 aliphatic heterocycles. The fourth-order valence-electron chi connectivity index (χ4n) is 0.224. The van der Waals surface area contributed by atoms with Gasteiger partial charge in [0, 0.05) is 5.71 Å². The van der Waals surface area contributed by atoms with Gasteiger partial charge in [0.1, 0.15) is 0 Å². The Hall–Kier alpha value is 0.100.